The molecule has 1 amide bonds. The molecular formula is C20H23FN2O3. The molecule has 2 aromatic carbocycles. The van der Waals surface area contributed by atoms with Crippen molar-refractivity contribution in [2.45, 2.75) is 32.8 Å². The van der Waals surface area contributed by atoms with E-state index in [9.17, 15) is 14.0 Å². The average molecular weight is 358 g/mol. The topological polar surface area (TPSA) is 67.4 Å². The summed E-state index contributed by atoms with van der Waals surface area (Å²) in [5.41, 5.74) is 1.49. The van der Waals surface area contributed by atoms with E-state index in [1.807, 2.05) is 6.07 Å². The van der Waals surface area contributed by atoms with Crippen molar-refractivity contribution in [3.63, 3.8) is 0 Å². The summed E-state index contributed by atoms with van der Waals surface area (Å²) in [6, 6.07) is 12.4. The zero-order valence-corrected chi connectivity index (χ0v) is 14.9. The van der Waals surface area contributed by atoms with Gasteiger partial charge in [-0.15, -0.1) is 0 Å². The number of esters is 1. The van der Waals surface area contributed by atoms with E-state index in [-0.39, 0.29) is 0 Å². The Balaban J connectivity index is 1.97. The minimum Gasteiger partial charge on any atom is -0.449 e. The van der Waals surface area contributed by atoms with Gasteiger partial charge in [0.25, 0.3) is 5.91 Å². The Morgan fingerprint density at radius 1 is 1.12 bits per heavy atom. The Labute approximate surface area is 152 Å². The minimum atomic E-state index is -0.990. The fourth-order valence-electron chi connectivity index (χ4n) is 2.27. The van der Waals surface area contributed by atoms with Crippen molar-refractivity contribution >= 4 is 23.3 Å². The summed E-state index contributed by atoms with van der Waals surface area (Å²) in [6.45, 7) is 4.33. The van der Waals surface area contributed by atoms with Crippen molar-refractivity contribution in [1.29, 1.82) is 0 Å². The van der Waals surface area contributed by atoms with Gasteiger partial charge >= 0.3 is 5.97 Å². The monoisotopic (exact) mass is 358 g/mol. The number of anilines is 2. The van der Waals surface area contributed by atoms with Crippen molar-refractivity contribution in [3.8, 4) is 0 Å². The first-order chi connectivity index (χ1) is 12.5. The van der Waals surface area contributed by atoms with E-state index in [4.69, 9.17) is 4.74 Å². The number of ether oxygens (including phenoxy) is 1. The smallest absolute Gasteiger partial charge is 0.341 e. The molecule has 0 fully saturated rings. The zero-order chi connectivity index (χ0) is 18.9. The normalized spacial score (nSPS) is 11.5. The van der Waals surface area contributed by atoms with Gasteiger partial charge < -0.3 is 15.4 Å². The molecule has 0 radical (unpaired) electrons. The highest BCUT2D eigenvalue weighted by Gasteiger charge is 2.20. The fraction of sp³-hybridized carbons (Fsp3) is 0.300. The molecular weight excluding hydrogens is 335 g/mol. The van der Waals surface area contributed by atoms with Crippen LogP contribution in [0.1, 0.15) is 37.0 Å². The summed E-state index contributed by atoms with van der Waals surface area (Å²) in [4.78, 5) is 24.6. The number of halogens is 1. The number of carbonyl (C=O) groups is 2. The quantitative estimate of drug-likeness (QED) is 0.548. The van der Waals surface area contributed by atoms with Gasteiger partial charge in [0.1, 0.15) is 5.82 Å². The van der Waals surface area contributed by atoms with Crippen LogP contribution in [0.25, 0.3) is 0 Å². The standard InChI is InChI=1S/C20H23FN2O3/c1-3-4-13-22-18-8-6-5-7-17(18)20(25)26-14(2)19(24)23-16-11-9-15(21)10-12-16/h5-12,14,22H,3-4,13H2,1-2H3,(H,23,24)/t14-/m0/s1. The largest absolute Gasteiger partial charge is 0.449 e. The van der Waals surface area contributed by atoms with E-state index < -0.39 is 23.8 Å². The first-order valence-electron chi connectivity index (χ1n) is 8.61. The number of para-hydroxylation sites is 1. The van der Waals surface area contributed by atoms with Gasteiger partial charge in [0.2, 0.25) is 0 Å². The van der Waals surface area contributed by atoms with Gasteiger partial charge in [-0.25, -0.2) is 9.18 Å². The first kappa shape index (κ1) is 19.4. The van der Waals surface area contributed by atoms with Crippen LogP contribution in [-0.4, -0.2) is 24.5 Å². The van der Waals surface area contributed by atoms with Crippen LogP contribution in [0.3, 0.4) is 0 Å². The third kappa shape index (κ3) is 5.58. The second kappa shape index (κ2) is 9.56. The van der Waals surface area contributed by atoms with Gasteiger partial charge in [0.15, 0.2) is 6.10 Å². The lowest BCUT2D eigenvalue weighted by molar-refractivity contribution is -0.123. The molecule has 0 bridgehead atoms. The fourth-order valence-corrected chi connectivity index (χ4v) is 2.27. The summed E-state index contributed by atoms with van der Waals surface area (Å²) in [5, 5.41) is 5.79. The highest BCUT2D eigenvalue weighted by molar-refractivity contribution is 5.99. The van der Waals surface area contributed by atoms with E-state index in [0.29, 0.717) is 16.9 Å². The lowest BCUT2D eigenvalue weighted by Gasteiger charge is -2.15. The highest BCUT2D eigenvalue weighted by atomic mass is 19.1. The van der Waals surface area contributed by atoms with Gasteiger partial charge in [-0.2, -0.15) is 0 Å². The number of amides is 1. The van der Waals surface area contributed by atoms with E-state index in [2.05, 4.69) is 17.6 Å². The maximum atomic E-state index is 12.9. The molecule has 26 heavy (non-hydrogen) atoms. The first-order valence-corrected chi connectivity index (χ1v) is 8.61. The third-order valence-corrected chi connectivity index (χ3v) is 3.76. The molecule has 0 aliphatic carbocycles. The zero-order valence-electron chi connectivity index (χ0n) is 14.9. The molecule has 2 aromatic rings. The average Bonchev–Trinajstić information content (AvgIpc) is 2.64. The number of unbranched alkanes of at least 4 members (excludes halogenated alkanes) is 1. The van der Waals surface area contributed by atoms with E-state index >= 15 is 0 Å². The molecule has 0 heterocycles. The second-order valence-electron chi connectivity index (χ2n) is 5.87. The van der Waals surface area contributed by atoms with E-state index in [0.717, 1.165) is 19.4 Å². The van der Waals surface area contributed by atoms with Gasteiger partial charge in [-0.05, 0) is 49.7 Å². The molecule has 138 valence electrons. The molecule has 0 aliphatic heterocycles. The Morgan fingerprint density at radius 2 is 1.81 bits per heavy atom. The van der Waals surface area contributed by atoms with Gasteiger partial charge in [0, 0.05) is 17.9 Å². The van der Waals surface area contributed by atoms with Crippen molar-refractivity contribution in [2.24, 2.45) is 0 Å². The van der Waals surface area contributed by atoms with Crippen LogP contribution >= 0.6 is 0 Å². The van der Waals surface area contributed by atoms with E-state index in [1.54, 1.807) is 18.2 Å². The van der Waals surface area contributed by atoms with Crippen molar-refractivity contribution in [1.82, 2.24) is 0 Å². The highest BCUT2D eigenvalue weighted by Crippen LogP contribution is 2.17. The third-order valence-electron chi connectivity index (χ3n) is 3.76. The Kier molecular flexibility index (Phi) is 7.14. The molecule has 2 N–H and O–H groups in total. The molecule has 0 aromatic heterocycles. The second-order valence-corrected chi connectivity index (χ2v) is 5.87. The number of hydrogen-bond donors (Lipinski definition) is 2. The van der Waals surface area contributed by atoms with Crippen LogP contribution in [0.5, 0.6) is 0 Å². The molecule has 0 saturated heterocycles. The van der Waals surface area contributed by atoms with Gasteiger partial charge in [-0.1, -0.05) is 25.5 Å². The maximum absolute atomic E-state index is 12.9. The predicted octanol–water partition coefficient (Wildman–Crippen LogP) is 4.22. The Morgan fingerprint density at radius 3 is 2.50 bits per heavy atom. The number of carbonyl (C=O) groups excluding carboxylic acids is 2. The van der Waals surface area contributed by atoms with E-state index in [1.165, 1.54) is 31.2 Å². The van der Waals surface area contributed by atoms with Crippen LogP contribution in [-0.2, 0) is 9.53 Å². The summed E-state index contributed by atoms with van der Waals surface area (Å²) in [6.07, 6.45) is 1.04. The molecule has 0 spiro atoms. The lowest BCUT2D eigenvalue weighted by atomic mass is 10.1. The van der Waals surface area contributed by atoms with Crippen molar-refractivity contribution in [2.75, 3.05) is 17.2 Å². The molecule has 5 nitrogen and oxygen atoms in total. The molecule has 6 heteroatoms. The minimum absolute atomic E-state index is 0.380. The summed E-state index contributed by atoms with van der Waals surface area (Å²) < 4.78 is 18.2. The molecule has 0 saturated carbocycles. The number of nitrogens with one attached hydrogen (secondary N) is 2. The molecule has 0 unspecified atom stereocenters. The van der Waals surface area contributed by atoms with Crippen LogP contribution in [0.2, 0.25) is 0 Å². The summed E-state index contributed by atoms with van der Waals surface area (Å²) in [5.74, 6) is -1.46. The van der Waals surface area contributed by atoms with Gasteiger partial charge in [0.05, 0.1) is 5.56 Å². The van der Waals surface area contributed by atoms with Crippen molar-refractivity contribution < 1.29 is 18.7 Å². The number of benzene rings is 2. The number of hydrogen-bond acceptors (Lipinski definition) is 4. The van der Waals surface area contributed by atoms with Crippen molar-refractivity contribution in [3.05, 3.63) is 59.9 Å². The van der Waals surface area contributed by atoms with Crippen LogP contribution < -0.4 is 10.6 Å². The summed E-state index contributed by atoms with van der Waals surface area (Å²) in [7, 11) is 0. The predicted molar refractivity (Wildman–Crippen MR) is 99.7 cm³/mol. The molecule has 1 atom stereocenters. The Hall–Kier alpha value is -2.89. The van der Waals surface area contributed by atoms with Crippen LogP contribution in [0.15, 0.2) is 48.5 Å². The maximum Gasteiger partial charge on any atom is 0.341 e. The van der Waals surface area contributed by atoms with Crippen LogP contribution in [0, 0.1) is 5.82 Å². The molecule has 2 rings (SSSR count). The van der Waals surface area contributed by atoms with Crippen LogP contribution in [0.4, 0.5) is 15.8 Å². The molecule has 0 aliphatic rings. The summed E-state index contributed by atoms with van der Waals surface area (Å²) >= 11 is 0. The SMILES string of the molecule is CCCCNc1ccccc1C(=O)O[C@@H](C)C(=O)Nc1ccc(F)cc1. The lowest BCUT2D eigenvalue weighted by Crippen LogP contribution is -2.30. The number of rotatable bonds is 8. The van der Waals surface area contributed by atoms with Gasteiger partial charge in [-0.3, -0.25) is 4.79 Å². The Bertz CT molecular complexity index is 747.